The lowest BCUT2D eigenvalue weighted by molar-refractivity contribution is 0.124. The number of methoxy groups -OCH3 is 2. The van der Waals surface area contributed by atoms with Crippen molar-refractivity contribution in [3.05, 3.63) is 131 Å². The summed E-state index contributed by atoms with van der Waals surface area (Å²) >= 11 is 0. The Hall–Kier alpha value is -3.56. The van der Waals surface area contributed by atoms with Crippen molar-refractivity contribution in [2.45, 2.75) is 12.0 Å². The third-order valence-electron chi connectivity index (χ3n) is 5.66. The Morgan fingerprint density at radius 1 is 0.613 bits per heavy atom. The highest BCUT2D eigenvalue weighted by molar-refractivity contribution is 5.52. The zero-order valence-electron chi connectivity index (χ0n) is 17.8. The fraction of sp³-hybridized carbons (Fsp3) is 0.143. The van der Waals surface area contributed by atoms with Gasteiger partial charge < -0.3 is 14.6 Å². The second-order valence-corrected chi connectivity index (χ2v) is 7.49. The van der Waals surface area contributed by atoms with E-state index < -0.39 is 5.60 Å². The first-order chi connectivity index (χ1) is 15.1. The Morgan fingerprint density at radius 2 is 1.10 bits per heavy atom. The molecule has 4 rings (SSSR count). The average molecular weight is 411 g/mol. The van der Waals surface area contributed by atoms with Gasteiger partial charge in [0.2, 0.25) is 0 Å². The molecule has 0 aromatic heterocycles. The van der Waals surface area contributed by atoms with Gasteiger partial charge in [0.25, 0.3) is 0 Å². The third kappa shape index (κ3) is 4.18. The van der Waals surface area contributed by atoms with E-state index >= 15 is 0 Å². The topological polar surface area (TPSA) is 38.7 Å². The van der Waals surface area contributed by atoms with Crippen LogP contribution in [-0.4, -0.2) is 19.3 Å². The lowest BCUT2D eigenvalue weighted by Crippen LogP contribution is -2.30. The van der Waals surface area contributed by atoms with Crippen LogP contribution < -0.4 is 9.47 Å². The summed E-state index contributed by atoms with van der Waals surface area (Å²) in [4.78, 5) is 0. The van der Waals surface area contributed by atoms with E-state index in [9.17, 15) is 5.11 Å². The van der Waals surface area contributed by atoms with E-state index in [4.69, 9.17) is 9.47 Å². The summed E-state index contributed by atoms with van der Waals surface area (Å²) in [5, 5.41) is 12.3. The molecule has 0 aliphatic heterocycles. The fourth-order valence-corrected chi connectivity index (χ4v) is 3.99. The first kappa shape index (κ1) is 20.7. The van der Waals surface area contributed by atoms with E-state index in [1.807, 2.05) is 84.9 Å². The summed E-state index contributed by atoms with van der Waals surface area (Å²) in [6, 6.07) is 33.6. The van der Waals surface area contributed by atoms with Crippen LogP contribution in [0.3, 0.4) is 0 Å². The Morgan fingerprint density at radius 3 is 1.61 bits per heavy atom. The van der Waals surface area contributed by atoms with Crippen molar-refractivity contribution in [1.29, 1.82) is 0 Å². The third-order valence-corrected chi connectivity index (χ3v) is 5.66. The Kier molecular flexibility index (Phi) is 6.06. The lowest BCUT2D eigenvalue weighted by atomic mass is 9.77. The van der Waals surface area contributed by atoms with Gasteiger partial charge in [-0.25, -0.2) is 0 Å². The number of benzene rings is 4. The van der Waals surface area contributed by atoms with Crippen LogP contribution in [0.1, 0.15) is 27.8 Å². The van der Waals surface area contributed by atoms with Crippen molar-refractivity contribution >= 4 is 0 Å². The van der Waals surface area contributed by atoms with Crippen molar-refractivity contribution < 1.29 is 14.6 Å². The van der Waals surface area contributed by atoms with Crippen LogP contribution >= 0.6 is 0 Å². The molecule has 3 nitrogen and oxygen atoms in total. The molecule has 0 fully saturated rings. The van der Waals surface area contributed by atoms with Crippen LogP contribution in [0, 0.1) is 0 Å². The number of hydrogen-bond donors (Lipinski definition) is 1. The molecule has 0 spiro atoms. The van der Waals surface area contributed by atoms with Crippen LogP contribution in [0.25, 0.3) is 0 Å². The molecule has 0 atom stereocenters. The zero-order valence-corrected chi connectivity index (χ0v) is 17.8. The molecule has 0 heterocycles. The molecule has 4 aromatic rings. The summed E-state index contributed by atoms with van der Waals surface area (Å²) in [6.45, 7) is 0. The lowest BCUT2D eigenvalue weighted by Gasteiger charge is -2.32. The van der Waals surface area contributed by atoms with Crippen LogP contribution in [0.2, 0.25) is 0 Å². The summed E-state index contributed by atoms with van der Waals surface area (Å²) in [7, 11) is 3.28. The van der Waals surface area contributed by atoms with Crippen LogP contribution in [-0.2, 0) is 12.0 Å². The van der Waals surface area contributed by atoms with E-state index in [0.29, 0.717) is 0 Å². The van der Waals surface area contributed by atoms with Crippen LogP contribution in [0.4, 0.5) is 0 Å². The van der Waals surface area contributed by atoms with Gasteiger partial charge in [0.05, 0.1) is 14.2 Å². The largest absolute Gasteiger partial charge is 0.497 e. The Bertz CT molecular complexity index is 1070. The van der Waals surface area contributed by atoms with Crippen molar-refractivity contribution in [3.8, 4) is 11.5 Å². The molecule has 31 heavy (non-hydrogen) atoms. The molecule has 3 heteroatoms. The molecule has 0 aliphatic carbocycles. The normalized spacial score (nSPS) is 11.2. The summed E-state index contributed by atoms with van der Waals surface area (Å²) in [5.74, 6) is 1.50. The van der Waals surface area contributed by atoms with Gasteiger partial charge in [-0.05, 0) is 58.5 Å². The van der Waals surface area contributed by atoms with Crippen molar-refractivity contribution in [2.75, 3.05) is 14.2 Å². The minimum Gasteiger partial charge on any atom is -0.497 e. The van der Waals surface area contributed by atoms with Crippen molar-refractivity contribution in [1.82, 2.24) is 0 Å². The second-order valence-electron chi connectivity index (χ2n) is 7.49. The van der Waals surface area contributed by atoms with Gasteiger partial charge in [0.1, 0.15) is 17.1 Å². The maximum absolute atomic E-state index is 12.3. The van der Waals surface area contributed by atoms with E-state index in [1.54, 1.807) is 14.2 Å². The van der Waals surface area contributed by atoms with Gasteiger partial charge in [-0.15, -0.1) is 0 Å². The molecule has 0 aliphatic rings. The quantitative estimate of drug-likeness (QED) is 0.404. The van der Waals surface area contributed by atoms with E-state index in [1.165, 1.54) is 5.56 Å². The first-order valence-electron chi connectivity index (χ1n) is 10.3. The molecule has 0 unspecified atom stereocenters. The van der Waals surface area contributed by atoms with Gasteiger partial charge in [-0.2, -0.15) is 0 Å². The number of rotatable bonds is 7. The molecular weight excluding hydrogens is 384 g/mol. The maximum Gasteiger partial charge on any atom is 0.140 e. The summed E-state index contributed by atoms with van der Waals surface area (Å²) < 4.78 is 10.7. The highest BCUT2D eigenvalue weighted by atomic mass is 16.5. The standard InChI is InChI=1S/C28H26O3/c1-30-25-16-12-23(13-17-25)28(29,24-14-18-26(31-2)19-15-24)27-11-7-6-10-22(27)20-21-8-4-3-5-9-21/h3-19,29H,20H2,1-2H3. The summed E-state index contributed by atoms with van der Waals surface area (Å²) in [5.41, 5.74) is 3.35. The predicted octanol–water partition coefficient (Wildman–Crippen LogP) is 5.58. The van der Waals surface area contributed by atoms with E-state index in [2.05, 4.69) is 18.2 Å². The van der Waals surface area contributed by atoms with Gasteiger partial charge in [-0.1, -0.05) is 78.9 Å². The first-order valence-corrected chi connectivity index (χ1v) is 10.3. The molecule has 0 radical (unpaired) electrons. The SMILES string of the molecule is COc1ccc(C(O)(c2ccc(OC)cc2)c2ccccc2Cc2ccccc2)cc1. The Labute approximate surface area is 183 Å². The van der Waals surface area contributed by atoms with Gasteiger partial charge in [0, 0.05) is 0 Å². The number of hydrogen-bond acceptors (Lipinski definition) is 3. The molecule has 0 bridgehead atoms. The number of ether oxygens (including phenoxy) is 2. The zero-order chi connectivity index (χ0) is 21.7. The molecule has 4 aromatic carbocycles. The minimum atomic E-state index is -1.33. The second kappa shape index (κ2) is 9.07. The van der Waals surface area contributed by atoms with Gasteiger partial charge in [0.15, 0.2) is 0 Å². The minimum absolute atomic E-state index is 0.728. The Balaban J connectivity index is 1.88. The monoisotopic (exact) mass is 410 g/mol. The van der Waals surface area contributed by atoms with Crippen molar-refractivity contribution in [3.63, 3.8) is 0 Å². The molecule has 0 saturated heterocycles. The molecule has 0 amide bonds. The van der Waals surface area contributed by atoms with Crippen LogP contribution in [0.15, 0.2) is 103 Å². The highest BCUT2D eigenvalue weighted by Crippen LogP contribution is 2.40. The number of aliphatic hydroxyl groups is 1. The average Bonchev–Trinajstić information content (AvgIpc) is 2.84. The van der Waals surface area contributed by atoms with Crippen molar-refractivity contribution in [2.24, 2.45) is 0 Å². The van der Waals surface area contributed by atoms with Gasteiger partial charge in [-0.3, -0.25) is 0 Å². The maximum atomic E-state index is 12.3. The van der Waals surface area contributed by atoms with Crippen LogP contribution in [0.5, 0.6) is 11.5 Å². The van der Waals surface area contributed by atoms with Gasteiger partial charge >= 0.3 is 0 Å². The van der Waals surface area contributed by atoms with E-state index in [0.717, 1.165) is 40.2 Å². The fourth-order valence-electron chi connectivity index (χ4n) is 3.99. The molecule has 0 saturated carbocycles. The smallest absolute Gasteiger partial charge is 0.140 e. The molecular formula is C28H26O3. The highest BCUT2D eigenvalue weighted by Gasteiger charge is 2.35. The molecule has 156 valence electrons. The predicted molar refractivity (Wildman–Crippen MR) is 124 cm³/mol. The summed E-state index contributed by atoms with van der Waals surface area (Å²) in [6.07, 6.45) is 0.728. The van der Waals surface area contributed by atoms with E-state index in [-0.39, 0.29) is 0 Å². The molecule has 1 N–H and O–H groups in total.